The molecule has 0 radical (unpaired) electrons. The summed E-state index contributed by atoms with van der Waals surface area (Å²) in [5.41, 5.74) is 0. The van der Waals surface area contributed by atoms with Gasteiger partial charge in [-0.1, -0.05) is 0 Å². The highest BCUT2D eigenvalue weighted by Gasteiger charge is 2.22. The molecule has 2 N–H and O–H groups in total. The van der Waals surface area contributed by atoms with Crippen molar-refractivity contribution in [2.45, 2.75) is 63.6 Å². The summed E-state index contributed by atoms with van der Waals surface area (Å²) < 4.78 is 5.25. The summed E-state index contributed by atoms with van der Waals surface area (Å²) in [4.78, 5) is 21.7. The van der Waals surface area contributed by atoms with Gasteiger partial charge in [0.05, 0.1) is 6.10 Å². The van der Waals surface area contributed by atoms with Gasteiger partial charge in [0, 0.05) is 12.8 Å². The van der Waals surface area contributed by atoms with Gasteiger partial charge in [0.25, 0.3) is 0 Å². The van der Waals surface area contributed by atoms with E-state index in [9.17, 15) is 14.7 Å². The monoisotopic (exact) mass is 244 g/mol. The molecule has 0 saturated heterocycles. The molecule has 1 aliphatic carbocycles. The molecule has 0 aromatic carbocycles. The Morgan fingerprint density at radius 3 is 2.24 bits per heavy atom. The predicted octanol–water partition coefficient (Wildman–Crippen LogP) is 1.48. The van der Waals surface area contributed by atoms with Gasteiger partial charge in [-0.25, -0.2) is 0 Å². The average Bonchev–Trinajstić information content (AvgIpc) is 2.27. The minimum Gasteiger partial charge on any atom is -0.481 e. The summed E-state index contributed by atoms with van der Waals surface area (Å²) in [6.45, 7) is 0. The van der Waals surface area contributed by atoms with E-state index < -0.39 is 5.97 Å². The lowest BCUT2D eigenvalue weighted by Gasteiger charge is -2.25. The van der Waals surface area contributed by atoms with Crippen LogP contribution in [0.25, 0.3) is 0 Å². The highest BCUT2D eigenvalue weighted by atomic mass is 16.5. The van der Waals surface area contributed by atoms with Gasteiger partial charge in [-0.15, -0.1) is 0 Å². The number of hydrogen-bond acceptors (Lipinski definition) is 4. The second kappa shape index (κ2) is 7.27. The summed E-state index contributed by atoms with van der Waals surface area (Å²) in [5.74, 6) is -1.09. The van der Waals surface area contributed by atoms with Gasteiger partial charge in [0.15, 0.2) is 0 Å². The van der Waals surface area contributed by atoms with Gasteiger partial charge >= 0.3 is 11.9 Å². The Hall–Kier alpha value is -1.10. The molecule has 1 aliphatic rings. The van der Waals surface area contributed by atoms with Gasteiger partial charge in [-0.2, -0.15) is 0 Å². The van der Waals surface area contributed by atoms with E-state index in [2.05, 4.69) is 0 Å². The Labute approximate surface area is 101 Å². The van der Waals surface area contributed by atoms with E-state index >= 15 is 0 Å². The first kappa shape index (κ1) is 14.0. The quantitative estimate of drug-likeness (QED) is 0.546. The van der Waals surface area contributed by atoms with Crippen LogP contribution in [-0.4, -0.2) is 34.4 Å². The standard InChI is InChI=1S/C12H20O5/c13-9-5-7-10(8-6-9)17-12(16)4-2-1-3-11(14)15/h9-10,13H,1-8H2,(H,14,15). The molecule has 0 atom stereocenters. The third-order valence-electron chi connectivity index (χ3n) is 2.96. The molecule has 0 heterocycles. The minimum atomic E-state index is -0.834. The lowest BCUT2D eigenvalue weighted by atomic mass is 9.95. The van der Waals surface area contributed by atoms with Crippen LogP contribution in [-0.2, 0) is 14.3 Å². The van der Waals surface area contributed by atoms with E-state index in [1.165, 1.54) is 0 Å². The van der Waals surface area contributed by atoms with Crippen LogP contribution in [0.15, 0.2) is 0 Å². The largest absolute Gasteiger partial charge is 0.481 e. The van der Waals surface area contributed by atoms with E-state index in [0.717, 1.165) is 12.8 Å². The summed E-state index contributed by atoms with van der Waals surface area (Å²) in [5, 5.41) is 17.7. The Bertz CT molecular complexity index is 256. The van der Waals surface area contributed by atoms with Crippen LogP contribution >= 0.6 is 0 Å². The molecule has 5 nitrogen and oxygen atoms in total. The molecule has 5 heteroatoms. The van der Waals surface area contributed by atoms with Gasteiger partial charge in [-0.05, 0) is 38.5 Å². The highest BCUT2D eigenvalue weighted by molar-refractivity contribution is 5.70. The molecule has 1 rings (SSSR count). The summed E-state index contributed by atoms with van der Waals surface area (Å²) in [7, 11) is 0. The maximum Gasteiger partial charge on any atom is 0.306 e. The van der Waals surface area contributed by atoms with Crippen molar-refractivity contribution in [1.82, 2.24) is 0 Å². The Morgan fingerprint density at radius 1 is 1.06 bits per heavy atom. The van der Waals surface area contributed by atoms with Crippen LogP contribution in [0, 0.1) is 0 Å². The number of hydrogen-bond donors (Lipinski definition) is 2. The number of carbonyl (C=O) groups is 2. The van der Waals surface area contributed by atoms with Crippen LogP contribution in [0.4, 0.5) is 0 Å². The maximum atomic E-state index is 11.4. The van der Waals surface area contributed by atoms with Crippen molar-refractivity contribution in [3.63, 3.8) is 0 Å². The average molecular weight is 244 g/mol. The number of carboxylic acid groups (broad SMARTS) is 1. The van der Waals surface area contributed by atoms with Crippen LogP contribution in [0.3, 0.4) is 0 Å². The third kappa shape index (κ3) is 6.26. The minimum absolute atomic E-state index is 0.0645. The SMILES string of the molecule is O=C(O)CCCCC(=O)OC1CCC(O)CC1. The summed E-state index contributed by atoms with van der Waals surface area (Å²) in [6, 6.07) is 0. The lowest BCUT2D eigenvalue weighted by molar-refractivity contribution is -0.152. The molecule has 0 aromatic heterocycles. The van der Waals surface area contributed by atoms with Crippen molar-refractivity contribution in [2.75, 3.05) is 0 Å². The molecule has 0 unspecified atom stereocenters. The van der Waals surface area contributed by atoms with Crippen molar-refractivity contribution in [3.05, 3.63) is 0 Å². The molecule has 0 bridgehead atoms. The number of aliphatic carboxylic acids is 1. The summed E-state index contributed by atoms with van der Waals surface area (Å²) in [6.07, 6.45) is 3.97. The second-order valence-electron chi connectivity index (χ2n) is 4.52. The molecule has 0 aliphatic heterocycles. The topological polar surface area (TPSA) is 83.8 Å². The van der Waals surface area contributed by atoms with Gasteiger partial charge in [-0.3, -0.25) is 9.59 Å². The maximum absolute atomic E-state index is 11.4. The van der Waals surface area contributed by atoms with Crippen LogP contribution in [0.1, 0.15) is 51.4 Å². The summed E-state index contributed by atoms with van der Waals surface area (Å²) >= 11 is 0. The lowest BCUT2D eigenvalue weighted by Crippen LogP contribution is -2.26. The molecule has 0 aromatic rings. The molecule has 1 fully saturated rings. The fourth-order valence-corrected chi connectivity index (χ4v) is 1.95. The third-order valence-corrected chi connectivity index (χ3v) is 2.96. The van der Waals surface area contributed by atoms with Crippen molar-refractivity contribution < 1.29 is 24.5 Å². The number of ether oxygens (including phenoxy) is 1. The normalized spacial score (nSPS) is 24.3. The van der Waals surface area contributed by atoms with Crippen molar-refractivity contribution in [2.24, 2.45) is 0 Å². The molecule has 98 valence electrons. The van der Waals surface area contributed by atoms with E-state index in [1.807, 2.05) is 0 Å². The Kier molecular flexibility index (Phi) is 5.97. The number of unbranched alkanes of at least 4 members (excludes halogenated alkanes) is 1. The number of esters is 1. The van der Waals surface area contributed by atoms with Crippen LogP contribution < -0.4 is 0 Å². The van der Waals surface area contributed by atoms with Crippen LogP contribution in [0.2, 0.25) is 0 Å². The van der Waals surface area contributed by atoms with Crippen molar-refractivity contribution in [3.8, 4) is 0 Å². The van der Waals surface area contributed by atoms with Gasteiger partial charge in [0.1, 0.15) is 6.10 Å². The predicted molar refractivity (Wildman–Crippen MR) is 60.5 cm³/mol. The Balaban J connectivity index is 2.06. The zero-order valence-electron chi connectivity index (χ0n) is 9.93. The van der Waals surface area contributed by atoms with Gasteiger partial charge in [0.2, 0.25) is 0 Å². The van der Waals surface area contributed by atoms with Crippen molar-refractivity contribution >= 4 is 11.9 Å². The molecular formula is C12H20O5. The molecule has 1 saturated carbocycles. The Morgan fingerprint density at radius 2 is 1.65 bits per heavy atom. The first-order valence-corrected chi connectivity index (χ1v) is 6.17. The van der Waals surface area contributed by atoms with E-state index in [4.69, 9.17) is 9.84 Å². The first-order valence-electron chi connectivity index (χ1n) is 6.17. The number of aliphatic hydroxyl groups is 1. The van der Waals surface area contributed by atoms with E-state index in [-0.39, 0.29) is 31.0 Å². The molecule has 0 spiro atoms. The molecule has 17 heavy (non-hydrogen) atoms. The zero-order chi connectivity index (χ0) is 12.7. The number of rotatable bonds is 6. The van der Waals surface area contributed by atoms with Crippen LogP contribution in [0.5, 0.6) is 0 Å². The fraction of sp³-hybridized carbons (Fsp3) is 0.833. The smallest absolute Gasteiger partial charge is 0.306 e. The zero-order valence-corrected chi connectivity index (χ0v) is 9.93. The van der Waals surface area contributed by atoms with E-state index in [1.54, 1.807) is 0 Å². The highest BCUT2D eigenvalue weighted by Crippen LogP contribution is 2.21. The number of aliphatic hydroxyl groups excluding tert-OH is 1. The second-order valence-corrected chi connectivity index (χ2v) is 4.52. The molecule has 0 amide bonds. The van der Waals surface area contributed by atoms with Crippen molar-refractivity contribution in [1.29, 1.82) is 0 Å². The van der Waals surface area contributed by atoms with Gasteiger partial charge < -0.3 is 14.9 Å². The van der Waals surface area contributed by atoms with E-state index in [0.29, 0.717) is 25.7 Å². The number of carboxylic acids is 1. The number of carbonyl (C=O) groups excluding carboxylic acids is 1. The first-order chi connectivity index (χ1) is 8.08. The fourth-order valence-electron chi connectivity index (χ4n) is 1.95. The molecular weight excluding hydrogens is 224 g/mol.